The predicted octanol–water partition coefficient (Wildman–Crippen LogP) is 9.38. The molecule has 0 unspecified atom stereocenters. The van der Waals surface area contributed by atoms with E-state index in [2.05, 4.69) is 118 Å². The molecule has 2 aliphatic rings. The lowest BCUT2D eigenvalue weighted by atomic mass is 9.99. The van der Waals surface area contributed by atoms with Crippen LogP contribution in [0.2, 0.25) is 0 Å². The molecule has 9 aromatic rings. The summed E-state index contributed by atoms with van der Waals surface area (Å²) in [6.45, 7) is 0. The van der Waals surface area contributed by atoms with Crippen molar-refractivity contribution in [2.45, 2.75) is 12.8 Å². The third-order valence-electron chi connectivity index (χ3n) is 9.88. The van der Waals surface area contributed by atoms with E-state index in [1.54, 1.807) is 0 Å². The monoisotopic (exact) mass is 506 g/mol. The Bertz CT molecular complexity index is 2590. The average Bonchev–Trinajstić information content (AvgIpc) is 3.74. The predicted molar refractivity (Wildman–Crippen MR) is 166 cm³/mol. The molecule has 40 heavy (non-hydrogen) atoms. The quantitative estimate of drug-likeness (QED) is 0.181. The highest BCUT2D eigenvalue weighted by Crippen LogP contribution is 2.49. The number of benzene rings is 6. The maximum Gasteiger partial charge on any atom is 0.0783 e. The summed E-state index contributed by atoms with van der Waals surface area (Å²) >= 11 is 0. The Hall–Kier alpha value is -5.08. The largest absolute Gasteiger partial charge is 0.305 e. The molecular formula is C38H22N2. The molecule has 3 aromatic heterocycles. The van der Waals surface area contributed by atoms with Gasteiger partial charge in [0, 0.05) is 28.0 Å². The summed E-state index contributed by atoms with van der Waals surface area (Å²) in [5, 5.41) is 5.43. The molecule has 0 amide bonds. The highest BCUT2D eigenvalue weighted by molar-refractivity contribution is 6.25. The normalized spacial score (nSPS) is 13.8. The zero-order chi connectivity index (χ0) is 25.7. The summed E-state index contributed by atoms with van der Waals surface area (Å²) in [5.41, 5.74) is 19.2. The summed E-state index contributed by atoms with van der Waals surface area (Å²) in [5.74, 6) is 0. The first kappa shape index (κ1) is 19.9. The Kier molecular flexibility index (Phi) is 3.26. The van der Waals surface area contributed by atoms with Gasteiger partial charge in [-0.25, -0.2) is 0 Å². The highest BCUT2D eigenvalue weighted by atomic mass is 15.0. The lowest BCUT2D eigenvalue weighted by Gasteiger charge is -2.12. The van der Waals surface area contributed by atoms with Gasteiger partial charge in [-0.3, -0.25) is 0 Å². The minimum Gasteiger partial charge on any atom is -0.305 e. The van der Waals surface area contributed by atoms with Crippen molar-refractivity contribution in [3.05, 3.63) is 131 Å². The van der Waals surface area contributed by atoms with E-state index in [9.17, 15) is 0 Å². The van der Waals surface area contributed by atoms with Crippen LogP contribution >= 0.6 is 0 Å². The molecule has 2 aliphatic carbocycles. The molecule has 0 radical (unpaired) electrons. The van der Waals surface area contributed by atoms with Crippen molar-refractivity contribution in [2.24, 2.45) is 0 Å². The molecule has 0 bridgehead atoms. The lowest BCUT2D eigenvalue weighted by Crippen LogP contribution is -1.98. The van der Waals surface area contributed by atoms with Crippen molar-refractivity contribution in [3.63, 3.8) is 0 Å². The van der Waals surface area contributed by atoms with Crippen LogP contribution in [0.4, 0.5) is 0 Å². The van der Waals surface area contributed by atoms with Crippen LogP contribution in [-0.2, 0) is 12.8 Å². The van der Waals surface area contributed by atoms with Gasteiger partial charge in [0.25, 0.3) is 0 Å². The van der Waals surface area contributed by atoms with Crippen LogP contribution in [-0.4, -0.2) is 8.80 Å². The summed E-state index contributed by atoms with van der Waals surface area (Å²) < 4.78 is 5.15. The minimum atomic E-state index is 0.984. The molecule has 184 valence electrons. The molecule has 2 nitrogen and oxygen atoms in total. The van der Waals surface area contributed by atoms with E-state index >= 15 is 0 Å². The summed E-state index contributed by atoms with van der Waals surface area (Å²) in [6, 6.07) is 41.2. The van der Waals surface area contributed by atoms with Gasteiger partial charge < -0.3 is 8.80 Å². The Balaban J connectivity index is 1.41. The Morgan fingerprint density at radius 1 is 0.400 bits per heavy atom. The van der Waals surface area contributed by atoms with Gasteiger partial charge in [0.2, 0.25) is 0 Å². The van der Waals surface area contributed by atoms with Gasteiger partial charge in [0.05, 0.1) is 33.1 Å². The number of nitrogens with zero attached hydrogens (tertiary/aromatic N) is 2. The number of fused-ring (bicyclic) bond motifs is 16. The number of hydrogen-bond acceptors (Lipinski definition) is 0. The van der Waals surface area contributed by atoms with Crippen molar-refractivity contribution in [1.82, 2.24) is 8.80 Å². The molecule has 0 saturated heterocycles. The number of hydrogen-bond donors (Lipinski definition) is 0. The zero-order valence-electron chi connectivity index (χ0n) is 21.7. The van der Waals surface area contributed by atoms with E-state index in [1.807, 2.05) is 0 Å². The standard InChI is InChI=1S/C38H22N2/c1-3-9-24-22(8-1)20-30-26(24)16-17-28-27-11-5-13-32-37(27)40(36(28)30)33-14-6-12-29-35-31(39(32)38(29)33)18-15-23-19-21-7-2-4-10-25(21)34(23)35/h1-18H,19-20H2. The van der Waals surface area contributed by atoms with Crippen molar-refractivity contribution >= 4 is 54.6 Å². The van der Waals surface area contributed by atoms with E-state index in [-0.39, 0.29) is 0 Å². The molecule has 0 atom stereocenters. The summed E-state index contributed by atoms with van der Waals surface area (Å²) in [7, 11) is 0. The molecule has 0 saturated carbocycles. The second-order valence-electron chi connectivity index (χ2n) is 11.7. The third-order valence-corrected chi connectivity index (χ3v) is 9.88. The van der Waals surface area contributed by atoms with Crippen LogP contribution < -0.4 is 0 Å². The van der Waals surface area contributed by atoms with E-state index < -0.39 is 0 Å². The molecule has 6 aromatic carbocycles. The molecule has 3 heterocycles. The molecule has 0 N–H and O–H groups in total. The maximum absolute atomic E-state index is 2.60. The maximum atomic E-state index is 2.60. The number of para-hydroxylation sites is 2. The Labute approximate surface area is 229 Å². The van der Waals surface area contributed by atoms with Crippen LogP contribution in [0.25, 0.3) is 76.9 Å². The fourth-order valence-electron chi connectivity index (χ4n) is 8.38. The number of aromatic nitrogens is 2. The Morgan fingerprint density at radius 2 is 1.10 bits per heavy atom. The molecule has 0 spiro atoms. The van der Waals surface area contributed by atoms with E-state index in [0.717, 1.165) is 12.8 Å². The van der Waals surface area contributed by atoms with Crippen molar-refractivity contribution in [2.75, 3.05) is 0 Å². The SMILES string of the molecule is c1ccc2c(c1)Cc1c-2ccc2c3cccc4c3n(c3cccc5c6c7c(ccc6n4c53)Cc3ccccc3-7)c12. The van der Waals surface area contributed by atoms with Gasteiger partial charge in [-0.15, -0.1) is 0 Å². The summed E-state index contributed by atoms with van der Waals surface area (Å²) in [4.78, 5) is 0. The fourth-order valence-corrected chi connectivity index (χ4v) is 8.38. The second kappa shape index (κ2) is 6.55. The fraction of sp³-hybridized carbons (Fsp3) is 0.0526. The smallest absolute Gasteiger partial charge is 0.0783 e. The molecule has 11 rings (SSSR count). The van der Waals surface area contributed by atoms with Crippen LogP contribution in [0, 0.1) is 0 Å². The minimum absolute atomic E-state index is 0.984. The first-order valence-electron chi connectivity index (χ1n) is 14.2. The molecule has 2 heteroatoms. The van der Waals surface area contributed by atoms with Crippen molar-refractivity contribution in [3.8, 4) is 22.3 Å². The van der Waals surface area contributed by atoms with Gasteiger partial charge in [0.15, 0.2) is 0 Å². The van der Waals surface area contributed by atoms with Gasteiger partial charge in [-0.05, 0) is 69.1 Å². The third kappa shape index (κ3) is 2.08. The van der Waals surface area contributed by atoms with Gasteiger partial charge in [-0.1, -0.05) is 91.0 Å². The second-order valence-corrected chi connectivity index (χ2v) is 11.7. The van der Waals surface area contributed by atoms with Gasteiger partial charge in [-0.2, -0.15) is 0 Å². The first-order valence-corrected chi connectivity index (χ1v) is 14.2. The van der Waals surface area contributed by atoms with E-state index in [1.165, 1.54) is 99.2 Å². The molecular weight excluding hydrogens is 484 g/mol. The Morgan fingerprint density at radius 3 is 1.98 bits per heavy atom. The summed E-state index contributed by atoms with van der Waals surface area (Å²) in [6.07, 6.45) is 2.00. The molecule has 0 fully saturated rings. The van der Waals surface area contributed by atoms with Gasteiger partial charge in [0.1, 0.15) is 0 Å². The highest BCUT2D eigenvalue weighted by Gasteiger charge is 2.28. The topological polar surface area (TPSA) is 8.82 Å². The van der Waals surface area contributed by atoms with Crippen LogP contribution in [0.3, 0.4) is 0 Å². The first-order chi connectivity index (χ1) is 19.9. The van der Waals surface area contributed by atoms with Crippen molar-refractivity contribution < 1.29 is 0 Å². The lowest BCUT2D eigenvalue weighted by molar-refractivity contribution is 1.22. The van der Waals surface area contributed by atoms with E-state index in [4.69, 9.17) is 0 Å². The van der Waals surface area contributed by atoms with Gasteiger partial charge >= 0.3 is 0 Å². The average molecular weight is 507 g/mol. The van der Waals surface area contributed by atoms with Crippen LogP contribution in [0.1, 0.15) is 22.3 Å². The zero-order valence-corrected chi connectivity index (χ0v) is 21.7. The van der Waals surface area contributed by atoms with Crippen LogP contribution in [0.5, 0.6) is 0 Å². The van der Waals surface area contributed by atoms with Crippen molar-refractivity contribution in [1.29, 1.82) is 0 Å². The van der Waals surface area contributed by atoms with E-state index in [0.29, 0.717) is 0 Å². The molecule has 0 aliphatic heterocycles. The number of rotatable bonds is 0. The van der Waals surface area contributed by atoms with Crippen LogP contribution in [0.15, 0.2) is 109 Å².